The second-order valence-corrected chi connectivity index (χ2v) is 6.91. The molecule has 20 heavy (non-hydrogen) atoms. The number of hydrogen-bond acceptors (Lipinski definition) is 4. The fourth-order valence-corrected chi connectivity index (χ4v) is 3.79. The van der Waals surface area contributed by atoms with Gasteiger partial charge in [-0.05, 0) is 24.6 Å². The van der Waals surface area contributed by atoms with Gasteiger partial charge in [0.15, 0.2) is 9.84 Å². The van der Waals surface area contributed by atoms with E-state index in [1.807, 2.05) is 0 Å². The Kier molecular flexibility index (Phi) is 4.01. The van der Waals surface area contributed by atoms with Crippen LogP contribution >= 0.6 is 11.6 Å². The zero-order chi connectivity index (χ0) is 14.9. The number of halogens is 1. The van der Waals surface area contributed by atoms with Crippen molar-refractivity contribution < 1.29 is 18.0 Å². The van der Waals surface area contributed by atoms with E-state index in [1.54, 1.807) is 6.92 Å². The van der Waals surface area contributed by atoms with Gasteiger partial charge in [-0.15, -0.1) is 0 Å². The second kappa shape index (κ2) is 5.41. The number of benzene rings is 1. The van der Waals surface area contributed by atoms with Crippen molar-refractivity contribution >= 4 is 33.4 Å². The third-order valence-electron chi connectivity index (χ3n) is 2.87. The fraction of sp³-hybridized carbons (Fsp3) is 0.333. The first kappa shape index (κ1) is 14.8. The Labute approximate surface area is 121 Å². The van der Waals surface area contributed by atoms with Gasteiger partial charge in [0.25, 0.3) is 5.91 Å². The van der Waals surface area contributed by atoms with Crippen LogP contribution in [-0.4, -0.2) is 26.1 Å². The lowest BCUT2D eigenvalue weighted by atomic mass is 10.1. The van der Waals surface area contributed by atoms with E-state index in [4.69, 9.17) is 11.6 Å². The predicted molar refractivity (Wildman–Crippen MR) is 73.2 cm³/mol. The van der Waals surface area contributed by atoms with Crippen LogP contribution in [0.25, 0.3) is 0 Å². The van der Waals surface area contributed by atoms with Crippen LogP contribution in [0.1, 0.15) is 24.9 Å². The molecule has 1 aromatic carbocycles. The second-order valence-electron chi connectivity index (χ2n) is 4.40. The highest BCUT2D eigenvalue weighted by atomic mass is 35.5. The molecule has 0 aromatic heterocycles. The summed E-state index contributed by atoms with van der Waals surface area (Å²) in [5.74, 6) is -0.630. The molecule has 1 fully saturated rings. The van der Waals surface area contributed by atoms with E-state index in [9.17, 15) is 18.0 Å². The number of urea groups is 1. The van der Waals surface area contributed by atoms with E-state index >= 15 is 0 Å². The summed E-state index contributed by atoms with van der Waals surface area (Å²) in [6, 6.07) is 2.50. The highest BCUT2D eigenvalue weighted by molar-refractivity contribution is 7.91. The van der Waals surface area contributed by atoms with Gasteiger partial charge in [-0.1, -0.05) is 18.5 Å². The number of carbonyl (C=O) groups is 2. The minimum Gasteiger partial charge on any atom is -0.322 e. The molecule has 1 aliphatic rings. The topological polar surface area (TPSA) is 92.3 Å². The number of hydrogen-bond donors (Lipinski definition) is 2. The van der Waals surface area contributed by atoms with Crippen molar-refractivity contribution in [3.05, 3.63) is 28.8 Å². The molecule has 8 heteroatoms. The molecule has 1 heterocycles. The van der Waals surface area contributed by atoms with Crippen molar-refractivity contribution in [2.45, 2.75) is 24.3 Å². The van der Waals surface area contributed by atoms with Crippen molar-refractivity contribution in [2.75, 3.05) is 5.75 Å². The van der Waals surface area contributed by atoms with Gasteiger partial charge < -0.3 is 5.32 Å². The average molecular weight is 317 g/mol. The van der Waals surface area contributed by atoms with Gasteiger partial charge in [0.05, 0.1) is 10.6 Å². The molecule has 0 bridgehead atoms. The van der Waals surface area contributed by atoms with Crippen LogP contribution in [0.4, 0.5) is 4.79 Å². The first-order valence-corrected chi connectivity index (χ1v) is 8.01. The van der Waals surface area contributed by atoms with Gasteiger partial charge in [-0.3, -0.25) is 10.1 Å². The fourth-order valence-electron chi connectivity index (χ4n) is 2.04. The molecule has 0 aliphatic carbocycles. The Morgan fingerprint density at radius 3 is 2.55 bits per heavy atom. The van der Waals surface area contributed by atoms with Crippen molar-refractivity contribution in [3.63, 3.8) is 0 Å². The Hall–Kier alpha value is -1.60. The molecule has 1 unspecified atom stereocenters. The molecule has 2 N–H and O–H groups in total. The SMILES string of the molecule is CCCS(=O)(=O)c1ccc(Cl)cc1C1NC(=O)NC1=O. The summed E-state index contributed by atoms with van der Waals surface area (Å²) in [6.45, 7) is 1.75. The van der Waals surface area contributed by atoms with Crippen LogP contribution in [0, 0.1) is 0 Å². The summed E-state index contributed by atoms with van der Waals surface area (Å²) in [5, 5.41) is 4.74. The number of rotatable bonds is 4. The first-order valence-electron chi connectivity index (χ1n) is 5.98. The Bertz CT molecular complexity index is 672. The molecule has 2 rings (SSSR count). The molecule has 0 saturated carbocycles. The smallest absolute Gasteiger partial charge is 0.322 e. The third kappa shape index (κ3) is 2.78. The minimum atomic E-state index is -3.53. The molecule has 1 atom stereocenters. The highest BCUT2D eigenvalue weighted by Crippen LogP contribution is 2.28. The number of sulfone groups is 1. The van der Waals surface area contributed by atoms with Crippen molar-refractivity contribution in [1.29, 1.82) is 0 Å². The number of nitrogens with one attached hydrogen (secondary N) is 2. The van der Waals surface area contributed by atoms with Gasteiger partial charge in [-0.25, -0.2) is 13.2 Å². The van der Waals surface area contributed by atoms with Crippen molar-refractivity contribution in [3.8, 4) is 0 Å². The summed E-state index contributed by atoms with van der Waals surface area (Å²) < 4.78 is 24.4. The first-order chi connectivity index (χ1) is 9.35. The number of imide groups is 1. The lowest BCUT2D eigenvalue weighted by molar-refractivity contribution is -0.120. The Morgan fingerprint density at radius 1 is 1.30 bits per heavy atom. The Morgan fingerprint density at radius 2 is 2.00 bits per heavy atom. The summed E-state index contributed by atoms with van der Waals surface area (Å²) in [4.78, 5) is 22.9. The summed E-state index contributed by atoms with van der Waals surface area (Å²) >= 11 is 5.87. The van der Waals surface area contributed by atoms with Crippen LogP contribution < -0.4 is 10.6 Å². The maximum atomic E-state index is 12.2. The average Bonchev–Trinajstić information content (AvgIpc) is 2.67. The van der Waals surface area contributed by atoms with Gasteiger partial charge >= 0.3 is 6.03 Å². The van der Waals surface area contributed by atoms with Crippen molar-refractivity contribution in [2.24, 2.45) is 0 Å². The molecule has 0 spiro atoms. The monoisotopic (exact) mass is 316 g/mol. The Balaban J connectivity index is 2.55. The summed E-state index contributed by atoms with van der Waals surface area (Å²) in [7, 11) is -3.53. The van der Waals surface area contributed by atoms with Crippen LogP contribution in [0.15, 0.2) is 23.1 Å². The minimum absolute atomic E-state index is 0.0195. The third-order valence-corrected chi connectivity index (χ3v) is 5.09. The molecule has 1 aliphatic heterocycles. The molecule has 3 amide bonds. The predicted octanol–water partition coefficient (Wildman–Crippen LogP) is 1.40. The molecular weight excluding hydrogens is 304 g/mol. The molecule has 1 aromatic rings. The van der Waals surface area contributed by atoms with E-state index in [-0.39, 0.29) is 16.2 Å². The largest absolute Gasteiger partial charge is 0.322 e. The number of carbonyl (C=O) groups excluding carboxylic acids is 2. The number of amides is 3. The maximum Gasteiger partial charge on any atom is 0.322 e. The molecule has 6 nitrogen and oxygen atoms in total. The molecule has 108 valence electrons. The molecule has 1 saturated heterocycles. The van der Waals surface area contributed by atoms with Crippen LogP contribution in [0.5, 0.6) is 0 Å². The van der Waals surface area contributed by atoms with Crippen LogP contribution in [0.2, 0.25) is 5.02 Å². The standard InChI is InChI=1S/C12H13ClN2O4S/c1-2-5-20(18,19)9-4-3-7(13)6-8(9)10-11(16)15-12(17)14-10/h3-4,6,10H,2,5H2,1H3,(H2,14,15,16,17). The molecular formula is C12H13ClN2O4S. The zero-order valence-electron chi connectivity index (χ0n) is 10.6. The van der Waals surface area contributed by atoms with E-state index in [1.165, 1.54) is 18.2 Å². The van der Waals surface area contributed by atoms with E-state index in [0.717, 1.165) is 0 Å². The van der Waals surface area contributed by atoms with Crippen LogP contribution in [0.3, 0.4) is 0 Å². The van der Waals surface area contributed by atoms with Gasteiger partial charge in [0, 0.05) is 10.6 Å². The van der Waals surface area contributed by atoms with Gasteiger partial charge in [0.1, 0.15) is 6.04 Å². The molecule has 0 radical (unpaired) electrons. The lowest BCUT2D eigenvalue weighted by Crippen LogP contribution is -2.23. The van der Waals surface area contributed by atoms with E-state index < -0.39 is 27.8 Å². The quantitative estimate of drug-likeness (QED) is 0.821. The zero-order valence-corrected chi connectivity index (χ0v) is 12.2. The highest BCUT2D eigenvalue weighted by Gasteiger charge is 2.34. The van der Waals surface area contributed by atoms with Gasteiger partial charge in [-0.2, -0.15) is 0 Å². The van der Waals surface area contributed by atoms with E-state index in [2.05, 4.69) is 10.6 Å². The normalized spacial score (nSPS) is 18.8. The van der Waals surface area contributed by atoms with E-state index in [0.29, 0.717) is 11.4 Å². The van der Waals surface area contributed by atoms with Gasteiger partial charge in [0.2, 0.25) is 0 Å². The maximum absolute atomic E-state index is 12.2. The summed E-state index contributed by atoms with van der Waals surface area (Å²) in [5.41, 5.74) is 0.189. The van der Waals surface area contributed by atoms with Crippen molar-refractivity contribution in [1.82, 2.24) is 10.6 Å². The lowest BCUT2D eigenvalue weighted by Gasteiger charge is -2.14. The summed E-state index contributed by atoms with van der Waals surface area (Å²) in [6.07, 6.45) is 0.452. The van der Waals surface area contributed by atoms with Crippen LogP contribution in [-0.2, 0) is 14.6 Å².